The highest BCUT2D eigenvalue weighted by molar-refractivity contribution is 7.89. The Bertz CT molecular complexity index is 1000. The molecule has 0 radical (unpaired) electrons. The number of benzene rings is 2. The average Bonchev–Trinajstić information content (AvgIpc) is 2.59. The lowest BCUT2D eigenvalue weighted by molar-refractivity contribution is -0.111. The topological polar surface area (TPSA) is 84.5 Å². The predicted octanol–water partition coefficient (Wildman–Crippen LogP) is 4.02. The van der Waals surface area contributed by atoms with Gasteiger partial charge in [0.1, 0.15) is 5.75 Å². The fraction of sp³-hybridized carbons (Fsp3) is 0.250. The lowest BCUT2D eigenvalue weighted by Crippen LogP contribution is -2.40. The number of hydrogen-bond donors (Lipinski definition) is 2. The van der Waals surface area contributed by atoms with Crippen LogP contribution in [0.25, 0.3) is 6.08 Å². The minimum atomic E-state index is -3.76. The highest BCUT2D eigenvalue weighted by Crippen LogP contribution is 2.22. The summed E-state index contributed by atoms with van der Waals surface area (Å²) in [6.45, 7) is 2.17. The fourth-order valence-corrected chi connectivity index (χ4v) is 3.84. The van der Waals surface area contributed by atoms with Crippen molar-refractivity contribution < 1.29 is 26.7 Å². The van der Waals surface area contributed by atoms with Crippen LogP contribution in [0.1, 0.15) is 26.3 Å². The summed E-state index contributed by atoms with van der Waals surface area (Å²) >= 11 is 0. The van der Waals surface area contributed by atoms with Crippen molar-refractivity contribution in [1.82, 2.24) is 4.72 Å². The van der Waals surface area contributed by atoms with Gasteiger partial charge in [0.25, 0.3) is 0 Å². The minimum absolute atomic E-state index is 0.00452. The van der Waals surface area contributed by atoms with Gasteiger partial charge in [0.2, 0.25) is 15.9 Å². The number of carbonyl (C=O) groups is 1. The number of carbonyl (C=O) groups excluding carboxylic acids is 1. The number of sulfonamides is 1. The molecule has 1 amide bonds. The second-order valence-electron chi connectivity index (χ2n) is 7.12. The van der Waals surface area contributed by atoms with Crippen LogP contribution >= 0.6 is 0 Å². The van der Waals surface area contributed by atoms with Crippen LogP contribution in [0.15, 0.2) is 59.5 Å². The molecule has 0 aliphatic carbocycles. The lowest BCUT2D eigenvalue weighted by atomic mass is 10.1. The Morgan fingerprint density at radius 3 is 2.45 bits per heavy atom. The van der Waals surface area contributed by atoms with E-state index in [1.807, 2.05) is 0 Å². The van der Waals surface area contributed by atoms with Gasteiger partial charge in [0, 0.05) is 22.9 Å². The summed E-state index contributed by atoms with van der Waals surface area (Å²) in [7, 11) is -3.76. The fourth-order valence-electron chi connectivity index (χ4n) is 2.37. The van der Waals surface area contributed by atoms with Crippen LogP contribution in [-0.2, 0) is 14.8 Å². The van der Waals surface area contributed by atoms with Gasteiger partial charge in [-0.3, -0.25) is 4.79 Å². The van der Waals surface area contributed by atoms with Crippen molar-refractivity contribution in [2.45, 2.75) is 37.8 Å². The standard InChI is InChI=1S/C20H22F2N2O4S/c1-20(2,3)24-29(26,27)16-9-6-8-15(13-16)23-18(25)12-11-14-7-4-5-10-17(14)28-19(21)22/h4-13,19,24H,1-3H3,(H,23,25)/b12-11+. The Morgan fingerprint density at radius 1 is 1.10 bits per heavy atom. The van der Waals surface area contributed by atoms with Crippen molar-refractivity contribution in [2.75, 3.05) is 5.32 Å². The third-order valence-corrected chi connectivity index (χ3v) is 5.16. The normalized spacial score (nSPS) is 12.3. The van der Waals surface area contributed by atoms with Gasteiger partial charge in [0.05, 0.1) is 4.90 Å². The molecule has 0 unspecified atom stereocenters. The second-order valence-corrected chi connectivity index (χ2v) is 8.80. The van der Waals surface area contributed by atoms with E-state index in [4.69, 9.17) is 0 Å². The summed E-state index contributed by atoms with van der Waals surface area (Å²) in [5.74, 6) is -0.622. The van der Waals surface area contributed by atoms with Gasteiger partial charge < -0.3 is 10.1 Å². The van der Waals surface area contributed by atoms with Crippen molar-refractivity contribution in [3.8, 4) is 5.75 Å². The van der Waals surface area contributed by atoms with Gasteiger partial charge in [-0.25, -0.2) is 13.1 Å². The summed E-state index contributed by atoms with van der Waals surface area (Å²) in [5.41, 5.74) is -0.0867. The molecule has 6 nitrogen and oxygen atoms in total. The van der Waals surface area contributed by atoms with E-state index >= 15 is 0 Å². The first-order chi connectivity index (χ1) is 13.5. The molecule has 0 saturated carbocycles. The van der Waals surface area contributed by atoms with Gasteiger partial charge >= 0.3 is 6.61 Å². The zero-order valence-electron chi connectivity index (χ0n) is 16.1. The van der Waals surface area contributed by atoms with Crippen molar-refractivity contribution in [3.05, 3.63) is 60.2 Å². The molecule has 0 aromatic heterocycles. The molecular formula is C20H22F2N2O4S. The van der Waals surface area contributed by atoms with Crippen molar-refractivity contribution in [1.29, 1.82) is 0 Å². The van der Waals surface area contributed by atoms with E-state index in [-0.39, 0.29) is 16.3 Å². The molecule has 0 aliphatic rings. The number of rotatable bonds is 7. The average molecular weight is 424 g/mol. The predicted molar refractivity (Wildman–Crippen MR) is 107 cm³/mol. The van der Waals surface area contributed by atoms with Crippen molar-refractivity contribution >= 4 is 27.7 Å². The molecule has 0 saturated heterocycles. The van der Waals surface area contributed by atoms with Gasteiger partial charge in [-0.2, -0.15) is 8.78 Å². The van der Waals surface area contributed by atoms with E-state index in [2.05, 4.69) is 14.8 Å². The first kappa shape index (κ1) is 22.5. The molecule has 0 heterocycles. The SMILES string of the molecule is CC(C)(C)NS(=O)(=O)c1cccc(NC(=O)/C=C/c2ccccc2OC(F)F)c1. The van der Waals surface area contributed by atoms with Crippen LogP contribution in [0.4, 0.5) is 14.5 Å². The Balaban J connectivity index is 2.14. The van der Waals surface area contributed by atoms with E-state index in [0.717, 1.165) is 6.08 Å². The summed E-state index contributed by atoms with van der Waals surface area (Å²) in [5, 5.41) is 2.54. The summed E-state index contributed by atoms with van der Waals surface area (Å²) in [6, 6.07) is 11.8. The number of halogens is 2. The second kappa shape index (κ2) is 9.15. The maximum Gasteiger partial charge on any atom is 0.387 e. The van der Waals surface area contributed by atoms with Crippen LogP contribution in [-0.4, -0.2) is 26.5 Å². The molecule has 0 spiro atoms. The van der Waals surface area contributed by atoms with E-state index in [1.165, 1.54) is 48.5 Å². The first-order valence-corrected chi connectivity index (χ1v) is 10.1. The van der Waals surface area contributed by atoms with Crippen LogP contribution in [0.5, 0.6) is 5.75 Å². The van der Waals surface area contributed by atoms with Crippen LogP contribution in [0, 0.1) is 0 Å². The highest BCUT2D eigenvalue weighted by atomic mass is 32.2. The molecule has 2 aromatic rings. The molecule has 29 heavy (non-hydrogen) atoms. The number of ether oxygens (including phenoxy) is 1. The van der Waals surface area contributed by atoms with Crippen LogP contribution in [0.3, 0.4) is 0 Å². The lowest BCUT2D eigenvalue weighted by Gasteiger charge is -2.20. The molecule has 2 N–H and O–H groups in total. The molecule has 156 valence electrons. The number of amides is 1. The molecule has 9 heteroatoms. The van der Waals surface area contributed by atoms with Crippen LogP contribution < -0.4 is 14.8 Å². The van der Waals surface area contributed by atoms with Gasteiger partial charge in [-0.1, -0.05) is 24.3 Å². The smallest absolute Gasteiger partial charge is 0.387 e. The third kappa shape index (κ3) is 7.28. The molecule has 0 aliphatic heterocycles. The number of para-hydroxylation sites is 1. The number of anilines is 1. The van der Waals surface area contributed by atoms with Gasteiger partial charge in [-0.05, 0) is 51.1 Å². The van der Waals surface area contributed by atoms with Gasteiger partial charge in [-0.15, -0.1) is 0 Å². The molecule has 0 bridgehead atoms. The summed E-state index contributed by atoms with van der Waals surface area (Å²) < 4.78 is 56.6. The minimum Gasteiger partial charge on any atom is -0.434 e. The third-order valence-electron chi connectivity index (χ3n) is 3.40. The Hall–Kier alpha value is -2.78. The Kier molecular flexibility index (Phi) is 7.10. The Morgan fingerprint density at radius 2 is 1.79 bits per heavy atom. The number of nitrogens with one attached hydrogen (secondary N) is 2. The van der Waals surface area contributed by atoms with Crippen molar-refractivity contribution in [3.63, 3.8) is 0 Å². The molecular weight excluding hydrogens is 402 g/mol. The first-order valence-electron chi connectivity index (χ1n) is 8.63. The zero-order valence-corrected chi connectivity index (χ0v) is 17.0. The van der Waals surface area contributed by atoms with Crippen molar-refractivity contribution in [2.24, 2.45) is 0 Å². The highest BCUT2D eigenvalue weighted by Gasteiger charge is 2.22. The summed E-state index contributed by atoms with van der Waals surface area (Å²) in [6.07, 6.45) is 2.47. The van der Waals surface area contributed by atoms with Gasteiger partial charge in [0.15, 0.2) is 0 Å². The van der Waals surface area contributed by atoms with E-state index in [9.17, 15) is 22.0 Å². The van der Waals surface area contributed by atoms with E-state index in [1.54, 1.807) is 26.8 Å². The molecule has 0 fully saturated rings. The van der Waals surface area contributed by atoms with Crippen LogP contribution in [0.2, 0.25) is 0 Å². The largest absolute Gasteiger partial charge is 0.434 e. The number of alkyl halides is 2. The molecule has 2 rings (SSSR count). The Labute approximate surface area is 168 Å². The zero-order chi connectivity index (χ0) is 21.7. The summed E-state index contributed by atoms with van der Waals surface area (Å²) in [4.78, 5) is 12.2. The quantitative estimate of drug-likeness (QED) is 0.658. The number of hydrogen-bond acceptors (Lipinski definition) is 4. The maximum absolute atomic E-state index is 12.4. The monoisotopic (exact) mass is 424 g/mol. The molecule has 2 aromatic carbocycles. The molecule has 0 atom stereocenters. The van der Waals surface area contributed by atoms with E-state index in [0.29, 0.717) is 5.56 Å². The maximum atomic E-state index is 12.4. The van der Waals surface area contributed by atoms with E-state index < -0.39 is 28.1 Å².